The zero-order valence-corrected chi connectivity index (χ0v) is 12.8. The monoisotopic (exact) mass is 286 g/mol. The molecule has 1 aromatic heterocycles. The lowest BCUT2D eigenvalue weighted by Crippen LogP contribution is -2.48. The fraction of sp³-hybridized carbons (Fsp3) is 0.692. The van der Waals surface area contributed by atoms with Crippen molar-refractivity contribution in [2.45, 2.75) is 44.4 Å². The van der Waals surface area contributed by atoms with E-state index in [2.05, 4.69) is 10.3 Å². The van der Waals surface area contributed by atoms with Gasteiger partial charge < -0.3 is 14.5 Å². The van der Waals surface area contributed by atoms with Crippen molar-refractivity contribution in [1.29, 1.82) is 0 Å². The first-order valence-electron chi connectivity index (χ1n) is 6.43. The third kappa shape index (κ3) is 4.87. The number of thioether (sulfide) groups is 1. The van der Waals surface area contributed by atoms with Gasteiger partial charge in [-0.05, 0) is 40.7 Å². The Morgan fingerprint density at radius 2 is 2.37 bits per heavy atom. The molecule has 0 saturated heterocycles. The molecule has 1 N–H and O–H groups in total. The van der Waals surface area contributed by atoms with Gasteiger partial charge in [-0.15, -0.1) is 0 Å². The van der Waals surface area contributed by atoms with E-state index in [1.807, 2.05) is 20.8 Å². The minimum atomic E-state index is -0.622. The molecule has 108 valence electrons. The van der Waals surface area contributed by atoms with Crippen molar-refractivity contribution in [3.63, 3.8) is 0 Å². The second-order valence-corrected chi connectivity index (χ2v) is 5.56. The zero-order chi connectivity index (χ0) is 14.3. The van der Waals surface area contributed by atoms with E-state index in [9.17, 15) is 4.79 Å². The summed E-state index contributed by atoms with van der Waals surface area (Å²) in [6, 6.07) is 0. The van der Waals surface area contributed by atoms with Crippen LogP contribution in [0.4, 0.5) is 0 Å². The quantitative estimate of drug-likeness (QED) is 0.450. The summed E-state index contributed by atoms with van der Waals surface area (Å²) in [6.07, 6.45) is 3.23. The van der Waals surface area contributed by atoms with E-state index in [0.29, 0.717) is 11.8 Å². The highest BCUT2D eigenvalue weighted by Crippen LogP contribution is 2.21. The van der Waals surface area contributed by atoms with E-state index < -0.39 is 5.54 Å². The molecule has 1 atom stereocenters. The summed E-state index contributed by atoms with van der Waals surface area (Å²) in [5.74, 6) is 0.658. The number of oxazole rings is 1. The lowest BCUT2D eigenvalue weighted by molar-refractivity contribution is -0.150. The molecule has 0 aliphatic heterocycles. The first-order chi connectivity index (χ1) is 9.01. The molecule has 0 fully saturated rings. The molecule has 0 spiro atoms. The van der Waals surface area contributed by atoms with E-state index in [-0.39, 0.29) is 5.97 Å². The predicted octanol–water partition coefficient (Wildman–Crippen LogP) is 2.40. The molecule has 1 unspecified atom stereocenters. The van der Waals surface area contributed by atoms with Gasteiger partial charge in [0.05, 0.1) is 12.3 Å². The number of rotatable bonds is 8. The van der Waals surface area contributed by atoms with Crippen molar-refractivity contribution in [3.05, 3.63) is 12.0 Å². The summed E-state index contributed by atoms with van der Waals surface area (Å²) >= 11 is 1.56. The number of carbonyl (C=O) groups excluding carboxylic acids is 1. The number of hydrogen-bond donors (Lipinski definition) is 1. The molecule has 1 rings (SSSR count). The number of aromatic nitrogens is 1. The summed E-state index contributed by atoms with van der Waals surface area (Å²) in [4.78, 5) is 16.1. The Kier molecular flexibility index (Phi) is 6.37. The molecule has 0 aliphatic rings. The highest BCUT2D eigenvalue weighted by atomic mass is 32.2. The number of carbonyl (C=O) groups is 1. The van der Waals surface area contributed by atoms with Crippen LogP contribution in [0.2, 0.25) is 0 Å². The van der Waals surface area contributed by atoms with Crippen molar-refractivity contribution in [2.24, 2.45) is 0 Å². The van der Waals surface area contributed by atoms with Crippen molar-refractivity contribution in [1.82, 2.24) is 10.3 Å². The fourth-order valence-electron chi connectivity index (χ4n) is 1.60. The van der Waals surface area contributed by atoms with E-state index in [1.54, 1.807) is 25.1 Å². The minimum absolute atomic E-state index is 0.200. The summed E-state index contributed by atoms with van der Waals surface area (Å²) in [6.45, 7) is 5.98. The van der Waals surface area contributed by atoms with Crippen LogP contribution < -0.4 is 5.32 Å². The molecule has 6 heteroatoms. The topological polar surface area (TPSA) is 64.4 Å². The molecule has 1 aromatic rings. The van der Waals surface area contributed by atoms with Crippen molar-refractivity contribution in [2.75, 3.05) is 19.4 Å². The summed E-state index contributed by atoms with van der Waals surface area (Å²) in [5, 5.41) is 3.72. The number of nitrogens with one attached hydrogen (secondary N) is 1. The van der Waals surface area contributed by atoms with Gasteiger partial charge >= 0.3 is 5.97 Å². The molecule has 0 aliphatic carbocycles. The molecule has 5 nitrogen and oxygen atoms in total. The van der Waals surface area contributed by atoms with Gasteiger partial charge in [0.25, 0.3) is 5.22 Å². The molecule has 0 amide bonds. The van der Waals surface area contributed by atoms with Crippen LogP contribution in [0, 0.1) is 6.92 Å². The van der Waals surface area contributed by atoms with Crippen molar-refractivity contribution >= 4 is 17.7 Å². The number of hydrogen-bond acceptors (Lipinski definition) is 6. The average molecular weight is 286 g/mol. The Hall–Kier alpha value is -1.01. The van der Waals surface area contributed by atoms with Gasteiger partial charge in [-0.25, -0.2) is 4.98 Å². The maximum Gasteiger partial charge on any atom is 0.326 e. The van der Waals surface area contributed by atoms with Gasteiger partial charge in [-0.1, -0.05) is 11.8 Å². The van der Waals surface area contributed by atoms with Crippen molar-refractivity contribution < 1.29 is 13.9 Å². The van der Waals surface area contributed by atoms with Crippen LogP contribution in [0.25, 0.3) is 0 Å². The van der Waals surface area contributed by atoms with Crippen LogP contribution >= 0.6 is 11.8 Å². The Balaban J connectivity index is 2.35. The molecule has 1 heterocycles. The average Bonchev–Trinajstić information content (AvgIpc) is 2.80. The molecule has 0 aromatic carbocycles. The van der Waals surface area contributed by atoms with E-state index in [0.717, 1.165) is 24.3 Å². The lowest BCUT2D eigenvalue weighted by atomic mass is 9.97. The van der Waals surface area contributed by atoms with Gasteiger partial charge in [0, 0.05) is 5.75 Å². The number of ether oxygens (including phenoxy) is 1. The van der Waals surface area contributed by atoms with Crippen LogP contribution in [0.5, 0.6) is 0 Å². The second-order valence-electron chi connectivity index (χ2n) is 4.51. The first kappa shape index (κ1) is 16.0. The first-order valence-corrected chi connectivity index (χ1v) is 7.41. The van der Waals surface area contributed by atoms with E-state index >= 15 is 0 Å². The Morgan fingerprint density at radius 1 is 1.63 bits per heavy atom. The van der Waals surface area contributed by atoms with Crippen LogP contribution in [-0.2, 0) is 9.53 Å². The minimum Gasteiger partial charge on any atom is -0.465 e. The molecular weight excluding hydrogens is 264 g/mol. The van der Waals surface area contributed by atoms with Crippen LogP contribution in [0.15, 0.2) is 15.9 Å². The van der Waals surface area contributed by atoms with E-state index in [1.165, 1.54) is 0 Å². The molecule has 0 bridgehead atoms. The largest absolute Gasteiger partial charge is 0.465 e. The van der Waals surface area contributed by atoms with Crippen LogP contribution in [0.1, 0.15) is 32.4 Å². The molecule has 0 saturated carbocycles. The Bertz CT molecular complexity index is 408. The number of likely N-dealkylation sites (N-methyl/N-ethyl adjacent to an activating group) is 1. The van der Waals surface area contributed by atoms with Gasteiger partial charge in [0.1, 0.15) is 11.8 Å². The summed E-state index contributed by atoms with van der Waals surface area (Å²) < 4.78 is 10.3. The Labute approximate surface area is 118 Å². The third-order valence-electron chi connectivity index (χ3n) is 2.92. The highest BCUT2D eigenvalue weighted by Gasteiger charge is 2.32. The van der Waals surface area contributed by atoms with Gasteiger partial charge in [-0.2, -0.15) is 0 Å². The molecule has 0 radical (unpaired) electrons. The highest BCUT2D eigenvalue weighted by molar-refractivity contribution is 7.99. The molecular formula is C13H22N2O3S. The maximum atomic E-state index is 11.8. The van der Waals surface area contributed by atoms with Gasteiger partial charge in [0.15, 0.2) is 0 Å². The van der Waals surface area contributed by atoms with Crippen LogP contribution in [-0.4, -0.2) is 35.9 Å². The van der Waals surface area contributed by atoms with E-state index in [4.69, 9.17) is 9.15 Å². The smallest absolute Gasteiger partial charge is 0.326 e. The number of aryl methyl sites for hydroxylation is 1. The zero-order valence-electron chi connectivity index (χ0n) is 12.0. The lowest BCUT2D eigenvalue weighted by Gasteiger charge is -2.26. The van der Waals surface area contributed by atoms with Crippen molar-refractivity contribution in [3.8, 4) is 0 Å². The molecule has 19 heavy (non-hydrogen) atoms. The van der Waals surface area contributed by atoms with Gasteiger partial charge in [0.2, 0.25) is 0 Å². The SMILES string of the molecule is CCOC(=O)C(C)(CCCSc1nc(C)co1)NC. The fourth-order valence-corrected chi connectivity index (χ4v) is 2.39. The summed E-state index contributed by atoms with van der Waals surface area (Å²) in [5.41, 5.74) is 0.261. The number of esters is 1. The number of nitrogens with zero attached hydrogens (tertiary/aromatic N) is 1. The third-order valence-corrected chi connectivity index (χ3v) is 3.85. The van der Waals surface area contributed by atoms with Crippen LogP contribution in [0.3, 0.4) is 0 Å². The second kappa shape index (κ2) is 7.55. The predicted molar refractivity (Wildman–Crippen MR) is 75.3 cm³/mol. The maximum absolute atomic E-state index is 11.8. The standard InChI is InChI=1S/C13H22N2O3S/c1-5-17-11(16)13(3,14-4)7-6-8-19-12-15-10(2)9-18-12/h9,14H,5-8H2,1-4H3. The summed E-state index contributed by atoms with van der Waals surface area (Å²) in [7, 11) is 1.78. The Morgan fingerprint density at radius 3 is 2.89 bits per heavy atom. The van der Waals surface area contributed by atoms with Gasteiger partial charge in [-0.3, -0.25) is 4.79 Å². The normalized spacial score (nSPS) is 14.1.